The molecule has 3 aliphatic rings. The number of fused-ring (bicyclic) bond motifs is 3. The number of likely N-dealkylation sites (N-methyl/N-ethyl adjacent to an activating group) is 1. The fraction of sp³-hybridized carbons (Fsp3) is 0.700. The first-order valence-corrected chi connectivity index (χ1v) is 10.8. The van der Waals surface area contributed by atoms with Crippen molar-refractivity contribution in [2.24, 2.45) is 5.92 Å². The third-order valence-corrected chi connectivity index (χ3v) is 6.13. The number of halogens is 6. The van der Waals surface area contributed by atoms with Gasteiger partial charge in [0, 0.05) is 30.6 Å². The fourth-order valence-electron chi connectivity index (χ4n) is 4.39. The van der Waals surface area contributed by atoms with E-state index in [2.05, 4.69) is 20.2 Å². The highest BCUT2D eigenvalue weighted by molar-refractivity contribution is 5.73. The van der Waals surface area contributed by atoms with E-state index in [0.717, 1.165) is 31.2 Å². The lowest BCUT2D eigenvalue weighted by Gasteiger charge is -2.43. The van der Waals surface area contributed by atoms with Crippen LogP contribution in [0.25, 0.3) is 0 Å². The molecule has 2 heterocycles. The number of carboxylic acids is 2. The van der Waals surface area contributed by atoms with Crippen molar-refractivity contribution in [3.63, 3.8) is 0 Å². The van der Waals surface area contributed by atoms with Gasteiger partial charge in [-0.2, -0.15) is 31.3 Å². The molecular weight excluding hydrogens is 488 g/mol. The first-order valence-electron chi connectivity index (χ1n) is 10.8. The van der Waals surface area contributed by atoms with Gasteiger partial charge in [-0.25, -0.2) is 14.6 Å². The highest BCUT2D eigenvalue weighted by Crippen LogP contribution is 2.46. The Morgan fingerprint density at radius 3 is 1.97 bits per heavy atom. The Morgan fingerprint density at radius 2 is 1.49 bits per heavy atom. The lowest BCUT2D eigenvalue weighted by molar-refractivity contribution is -0.193. The number of aromatic nitrogens is 2. The van der Waals surface area contributed by atoms with E-state index in [0.29, 0.717) is 17.9 Å². The van der Waals surface area contributed by atoms with Crippen molar-refractivity contribution in [1.29, 1.82) is 0 Å². The molecule has 0 bridgehead atoms. The fourth-order valence-corrected chi connectivity index (χ4v) is 4.39. The lowest BCUT2D eigenvalue weighted by atomic mass is 9.70. The monoisotopic (exact) mass is 515 g/mol. The predicted molar refractivity (Wildman–Crippen MR) is 112 cm³/mol. The number of nitrogens with one attached hydrogen (secondary N) is 1. The number of nitrogens with zero attached hydrogens (tertiary/aromatic N) is 3. The van der Waals surface area contributed by atoms with Crippen LogP contribution < -0.4 is 16.0 Å². The van der Waals surface area contributed by atoms with Gasteiger partial charge in [0.2, 0.25) is 5.95 Å². The zero-order valence-electron chi connectivity index (χ0n) is 18.8. The van der Waals surface area contributed by atoms with Gasteiger partial charge in [0.05, 0.1) is 5.69 Å². The molecule has 35 heavy (non-hydrogen) atoms. The van der Waals surface area contributed by atoms with Crippen molar-refractivity contribution in [3.05, 3.63) is 11.3 Å². The summed E-state index contributed by atoms with van der Waals surface area (Å²) in [4.78, 5) is 29.4. The number of carboxylic acid groups (broad SMARTS) is 2. The van der Waals surface area contributed by atoms with Crippen LogP contribution in [0.1, 0.15) is 49.3 Å². The van der Waals surface area contributed by atoms with Gasteiger partial charge in [0.25, 0.3) is 0 Å². The van der Waals surface area contributed by atoms with Crippen LogP contribution in [-0.4, -0.2) is 70.7 Å². The van der Waals surface area contributed by atoms with Gasteiger partial charge in [-0.1, -0.05) is 12.8 Å². The Kier molecular flexibility index (Phi) is 9.14. The van der Waals surface area contributed by atoms with Gasteiger partial charge in [0.15, 0.2) is 0 Å². The summed E-state index contributed by atoms with van der Waals surface area (Å²) in [6, 6.07) is 0.586. The summed E-state index contributed by atoms with van der Waals surface area (Å²) in [6.07, 6.45) is -2.35. The molecule has 15 heteroatoms. The molecule has 0 aromatic carbocycles. The quantitative estimate of drug-likeness (QED) is 0.438. The zero-order valence-corrected chi connectivity index (χ0v) is 18.8. The summed E-state index contributed by atoms with van der Waals surface area (Å²) in [7, 11) is 2.03. The number of hydrogen-bond donors (Lipinski definition) is 4. The van der Waals surface area contributed by atoms with Gasteiger partial charge in [-0.05, 0) is 38.6 Å². The molecule has 1 aliphatic heterocycles. The van der Waals surface area contributed by atoms with Crippen molar-refractivity contribution in [3.8, 4) is 0 Å². The van der Waals surface area contributed by atoms with Crippen LogP contribution in [0.15, 0.2) is 0 Å². The van der Waals surface area contributed by atoms with Crippen molar-refractivity contribution in [2.75, 3.05) is 30.8 Å². The number of aliphatic carboxylic acids is 2. The highest BCUT2D eigenvalue weighted by Gasteiger charge is 2.39. The molecule has 0 unspecified atom stereocenters. The average Bonchev–Trinajstić information content (AvgIpc) is 2.72. The second-order valence-electron chi connectivity index (χ2n) is 8.46. The minimum absolute atomic E-state index is 0.461. The second-order valence-corrected chi connectivity index (χ2v) is 8.46. The molecule has 1 saturated heterocycles. The van der Waals surface area contributed by atoms with Crippen molar-refractivity contribution in [2.45, 2.75) is 62.8 Å². The van der Waals surface area contributed by atoms with E-state index >= 15 is 0 Å². The molecule has 4 rings (SSSR count). The third-order valence-electron chi connectivity index (χ3n) is 6.13. The summed E-state index contributed by atoms with van der Waals surface area (Å²) in [5.41, 5.74) is 8.69. The zero-order chi connectivity index (χ0) is 26.6. The smallest absolute Gasteiger partial charge is 0.475 e. The van der Waals surface area contributed by atoms with E-state index in [-0.39, 0.29) is 0 Å². The molecule has 0 spiro atoms. The Hall–Kier alpha value is -2.84. The number of nitrogen functional groups attached to an aromatic ring is 1. The van der Waals surface area contributed by atoms with Crippen molar-refractivity contribution in [1.82, 2.24) is 15.3 Å². The second kappa shape index (κ2) is 11.3. The molecule has 5 N–H and O–H groups in total. The van der Waals surface area contributed by atoms with Crippen molar-refractivity contribution < 1.29 is 46.1 Å². The average molecular weight is 515 g/mol. The van der Waals surface area contributed by atoms with E-state index in [1.165, 1.54) is 43.4 Å². The Labute approximate surface area is 196 Å². The maximum atomic E-state index is 10.6. The van der Waals surface area contributed by atoms with Crippen LogP contribution in [0, 0.1) is 5.92 Å². The normalized spacial score (nSPS) is 21.7. The van der Waals surface area contributed by atoms with Crippen LogP contribution in [0.5, 0.6) is 0 Å². The number of alkyl halides is 6. The largest absolute Gasteiger partial charge is 0.490 e. The Morgan fingerprint density at radius 1 is 0.971 bits per heavy atom. The summed E-state index contributed by atoms with van der Waals surface area (Å²) < 4.78 is 63.5. The SMILES string of the molecule is CNC1CN(c2nc(N)nc3c2CC[C@H]2CCCC[C@H]32)C1.O=C(O)C(F)(F)F.O=C(O)C(F)(F)F. The molecule has 1 saturated carbocycles. The predicted octanol–water partition coefficient (Wildman–Crippen LogP) is 2.95. The van der Waals surface area contributed by atoms with Gasteiger partial charge >= 0.3 is 24.3 Å². The molecular formula is C20H27F6N5O4. The standard InChI is InChI=1S/C16H25N5.2C2HF3O2/c1-18-11-8-21(9-11)15-13-7-6-10-4-2-3-5-12(10)14(13)19-16(17)20-15;2*3-2(4,5)1(6)7/h10-12,18H,2-9H2,1H3,(H2,17,19,20);2*(H,6,7)/t10-,12+;;/m1../s1. The van der Waals surface area contributed by atoms with E-state index in [4.69, 9.17) is 25.5 Å². The van der Waals surface area contributed by atoms with E-state index in [1.54, 1.807) is 0 Å². The maximum Gasteiger partial charge on any atom is 0.490 e. The van der Waals surface area contributed by atoms with Crippen LogP contribution in [0.4, 0.5) is 38.1 Å². The van der Waals surface area contributed by atoms with Gasteiger partial charge in [0.1, 0.15) is 5.82 Å². The molecule has 9 nitrogen and oxygen atoms in total. The number of anilines is 2. The summed E-state index contributed by atoms with van der Waals surface area (Å²) in [5.74, 6) is -2.47. The summed E-state index contributed by atoms with van der Waals surface area (Å²) >= 11 is 0. The molecule has 1 aromatic rings. The van der Waals surface area contributed by atoms with Crippen molar-refractivity contribution >= 4 is 23.7 Å². The topological polar surface area (TPSA) is 142 Å². The molecule has 198 valence electrons. The third kappa shape index (κ3) is 7.57. The number of nitrogens with two attached hydrogens (primary N) is 1. The summed E-state index contributed by atoms with van der Waals surface area (Å²) in [5, 5.41) is 17.6. The van der Waals surface area contributed by atoms with Gasteiger partial charge in [-0.3, -0.25) is 0 Å². The number of hydrogen-bond acceptors (Lipinski definition) is 7. The molecule has 2 fully saturated rings. The summed E-state index contributed by atoms with van der Waals surface area (Å²) in [6.45, 7) is 2.07. The lowest BCUT2D eigenvalue weighted by Crippen LogP contribution is -2.57. The molecule has 2 atom stereocenters. The number of rotatable bonds is 2. The van der Waals surface area contributed by atoms with E-state index in [1.807, 2.05) is 7.05 Å². The number of carbonyl (C=O) groups is 2. The van der Waals surface area contributed by atoms with Crippen LogP contribution >= 0.6 is 0 Å². The molecule has 1 aromatic heterocycles. The van der Waals surface area contributed by atoms with Gasteiger partial charge < -0.3 is 26.2 Å². The Bertz CT molecular complexity index is 881. The highest BCUT2D eigenvalue weighted by atomic mass is 19.4. The minimum atomic E-state index is -5.08. The van der Waals surface area contributed by atoms with E-state index in [9.17, 15) is 26.3 Å². The Balaban J connectivity index is 0.000000257. The van der Waals surface area contributed by atoms with Gasteiger partial charge in [-0.15, -0.1) is 0 Å². The van der Waals surface area contributed by atoms with E-state index < -0.39 is 24.3 Å². The first-order chi connectivity index (χ1) is 16.1. The maximum absolute atomic E-state index is 10.6. The van der Waals surface area contributed by atoms with Crippen LogP contribution in [0.3, 0.4) is 0 Å². The van der Waals surface area contributed by atoms with Crippen LogP contribution in [-0.2, 0) is 16.0 Å². The van der Waals surface area contributed by atoms with Crippen LogP contribution in [0.2, 0.25) is 0 Å². The first kappa shape index (κ1) is 28.4. The molecule has 2 aliphatic carbocycles. The molecule has 0 amide bonds. The molecule has 0 radical (unpaired) electrons. The minimum Gasteiger partial charge on any atom is -0.475 e.